The summed E-state index contributed by atoms with van der Waals surface area (Å²) in [5.74, 6) is -1.67. The van der Waals surface area contributed by atoms with Gasteiger partial charge in [0.15, 0.2) is 37.6 Å². The molecule has 5 aliphatic rings. The van der Waals surface area contributed by atoms with Gasteiger partial charge in [-0.15, -0.1) is 0 Å². The van der Waals surface area contributed by atoms with Crippen LogP contribution in [0.25, 0.3) is 0 Å². The van der Waals surface area contributed by atoms with E-state index in [1.165, 1.54) is 20.8 Å². The quantitative estimate of drug-likeness (QED) is 0.0680. The SMILES string of the molecule is CCCO[C@@H]1OC(C)[C@H](O)[C@@H](O[C@H]2O[C@H](CO)[C@@H](O)C(O)C2O)C1O[C@@H]1OC(CO)[C@H](O)C(O[C@@H]2OC(C)[C@H](O)[C@@H](O[C@@H]3OC(C)[C@H](O)[C@@H](O)C3O)C2OC(C)=O)[C@H]1NC(C)=O. The van der Waals surface area contributed by atoms with Gasteiger partial charge in [-0.25, -0.2) is 0 Å². The third-order valence-electron chi connectivity index (χ3n) is 11.4. The lowest BCUT2D eigenvalue weighted by atomic mass is 9.94. The van der Waals surface area contributed by atoms with Crippen LogP contribution in [0.2, 0.25) is 0 Å². The van der Waals surface area contributed by atoms with Crippen molar-refractivity contribution in [2.24, 2.45) is 0 Å². The Hall–Kier alpha value is -1.90. The number of amides is 1. The minimum Gasteiger partial charge on any atom is -0.454 e. The van der Waals surface area contributed by atoms with Crippen molar-refractivity contribution in [1.82, 2.24) is 5.32 Å². The maximum Gasteiger partial charge on any atom is 0.303 e. The van der Waals surface area contributed by atoms with Gasteiger partial charge in [-0.1, -0.05) is 6.92 Å². The molecule has 0 aromatic carbocycles. The number of hydrogen-bond donors (Lipinski definition) is 12. The lowest BCUT2D eigenvalue weighted by Gasteiger charge is -2.51. The molecule has 1 amide bonds. The molecule has 0 spiro atoms. The van der Waals surface area contributed by atoms with Crippen LogP contribution in [-0.2, 0) is 61.7 Å². The average Bonchev–Trinajstić information content (AvgIpc) is 3.22. The number of esters is 1. The smallest absolute Gasteiger partial charge is 0.303 e. The van der Waals surface area contributed by atoms with Gasteiger partial charge in [-0.3, -0.25) is 9.59 Å². The number of nitrogens with one attached hydrogen (secondary N) is 1. The Balaban J connectivity index is 1.49. The van der Waals surface area contributed by atoms with Gasteiger partial charge in [0.05, 0.1) is 31.5 Å². The van der Waals surface area contributed by atoms with Crippen molar-refractivity contribution in [3.05, 3.63) is 0 Å². The van der Waals surface area contributed by atoms with Crippen molar-refractivity contribution < 1.29 is 118 Å². The number of carbonyl (C=O) groups excluding carboxylic acids is 2. The van der Waals surface area contributed by atoms with Crippen molar-refractivity contribution in [3.8, 4) is 0 Å². The van der Waals surface area contributed by atoms with E-state index >= 15 is 0 Å². The number of hydrogen-bond acceptors (Lipinski definition) is 24. The van der Waals surface area contributed by atoms with Crippen LogP contribution in [-0.4, -0.2) is 241 Å². The van der Waals surface area contributed by atoms with Crippen molar-refractivity contribution >= 4 is 11.9 Å². The fourth-order valence-corrected chi connectivity index (χ4v) is 7.88. The van der Waals surface area contributed by atoms with E-state index in [2.05, 4.69) is 5.32 Å². The van der Waals surface area contributed by atoms with Crippen LogP contribution in [0.4, 0.5) is 0 Å². The van der Waals surface area contributed by atoms with Gasteiger partial charge in [0, 0.05) is 20.5 Å². The molecule has 5 saturated heterocycles. The van der Waals surface area contributed by atoms with E-state index < -0.39 is 179 Å². The van der Waals surface area contributed by atoms with E-state index in [0.717, 1.165) is 13.8 Å². The van der Waals surface area contributed by atoms with Crippen molar-refractivity contribution in [2.45, 2.75) is 201 Å². The van der Waals surface area contributed by atoms with E-state index in [4.69, 9.17) is 52.1 Å². The Morgan fingerprint density at radius 2 is 0.952 bits per heavy atom. The highest BCUT2D eigenvalue weighted by Crippen LogP contribution is 2.37. The molecule has 0 aromatic heterocycles. The minimum absolute atomic E-state index is 0.0652. The Labute approximate surface area is 356 Å². The standard InChI is InChI=1S/C37H63NO24/c1-7-8-52-36-31(29(20(44)12(3)54-36)61-35-27(51)25(49)22(46)16(9-39)58-35)62-33-18(38-14(5)41)28(23(47)17(10-40)57-33)59-37-32(56-15(6)42)30(21(45)13(4)55-37)60-34-26(50)24(48)19(43)11(2)53-34/h11-13,16-37,39-40,43-51H,7-10H2,1-6H3,(H,38,41)/t11?,12?,13?,16-,17?,18-,19+,20+,21+,22-,23+,24-,25?,26?,27?,28?,29-,30-,31?,32?,33+,34+,35-,36-,37+/m1/s1. The normalized spacial score (nSPS) is 49.0. The van der Waals surface area contributed by atoms with Crippen LogP contribution in [0.5, 0.6) is 0 Å². The molecule has 360 valence electrons. The summed E-state index contributed by atoms with van der Waals surface area (Å²) in [6.07, 6.45) is -38.2. The second-order valence-corrected chi connectivity index (χ2v) is 16.1. The average molecular weight is 906 g/mol. The zero-order valence-electron chi connectivity index (χ0n) is 35.0. The zero-order chi connectivity index (χ0) is 45.9. The highest BCUT2D eigenvalue weighted by atomic mass is 16.8. The molecule has 25 atom stereocenters. The largest absolute Gasteiger partial charge is 0.454 e. The van der Waals surface area contributed by atoms with Crippen LogP contribution < -0.4 is 5.32 Å². The molecule has 5 aliphatic heterocycles. The van der Waals surface area contributed by atoms with E-state index in [-0.39, 0.29) is 6.61 Å². The molecule has 0 aliphatic carbocycles. The predicted octanol–water partition coefficient (Wildman–Crippen LogP) is -6.69. The van der Waals surface area contributed by atoms with Gasteiger partial charge in [0.1, 0.15) is 97.6 Å². The molecule has 5 heterocycles. The number of rotatable bonds is 15. The minimum atomic E-state index is -1.92. The number of aliphatic hydroxyl groups is 11. The monoisotopic (exact) mass is 905 g/mol. The number of ether oxygens (including phenoxy) is 11. The summed E-state index contributed by atoms with van der Waals surface area (Å²) < 4.78 is 65.1. The van der Waals surface area contributed by atoms with Crippen LogP contribution >= 0.6 is 0 Å². The summed E-state index contributed by atoms with van der Waals surface area (Å²) in [7, 11) is 0. The predicted molar refractivity (Wildman–Crippen MR) is 197 cm³/mol. The lowest BCUT2D eigenvalue weighted by Crippen LogP contribution is -2.70. The van der Waals surface area contributed by atoms with Gasteiger partial charge >= 0.3 is 5.97 Å². The molecule has 0 aromatic rings. The van der Waals surface area contributed by atoms with Crippen LogP contribution in [0.3, 0.4) is 0 Å². The molecule has 62 heavy (non-hydrogen) atoms. The topological polar surface area (TPSA) is 370 Å². The molecular weight excluding hydrogens is 842 g/mol. The fourth-order valence-electron chi connectivity index (χ4n) is 7.88. The van der Waals surface area contributed by atoms with Crippen molar-refractivity contribution in [1.29, 1.82) is 0 Å². The molecule has 0 radical (unpaired) electrons. The molecule has 5 rings (SSSR count). The fraction of sp³-hybridized carbons (Fsp3) is 0.946. The maximum absolute atomic E-state index is 12.8. The molecule has 25 nitrogen and oxygen atoms in total. The summed E-state index contributed by atoms with van der Waals surface area (Å²) in [6, 6.07) is -1.59. The second kappa shape index (κ2) is 22.1. The van der Waals surface area contributed by atoms with Crippen LogP contribution in [0.1, 0.15) is 48.0 Å². The number of aliphatic hydroxyl groups excluding tert-OH is 11. The summed E-state index contributed by atoms with van der Waals surface area (Å²) in [4.78, 5) is 25.4. The molecule has 0 bridgehead atoms. The molecule has 12 N–H and O–H groups in total. The molecule has 25 heteroatoms. The first kappa shape index (κ1) is 51.1. The molecule has 5 fully saturated rings. The van der Waals surface area contributed by atoms with Crippen LogP contribution in [0, 0.1) is 0 Å². The summed E-state index contributed by atoms with van der Waals surface area (Å²) in [5.41, 5.74) is 0. The highest BCUT2D eigenvalue weighted by molar-refractivity contribution is 5.73. The van der Waals surface area contributed by atoms with Gasteiger partial charge in [-0.2, -0.15) is 0 Å². The van der Waals surface area contributed by atoms with Crippen molar-refractivity contribution in [2.75, 3.05) is 19.8 Å². The maximum atomic E-state index is 12.8. The first-order valence-electron chi connectivity index (χ1n) is 20.5. The first-order chi connectivity index (χ1) is 29.2. The Kier molecular flexibility index (Phi) is 18.2. The van der Waals surface area contributed by atoms with Gasteiger partial charge in [-0.05, 0) is 27.2 Å². The highest BCUT2D eigenvalue weighted by Gasteiger charge is 2.57. The summed E-state index contributed by atoms with van der Waals surface area (Å²) in [6.45, 7) is 6.54. The van der Waals surface area contributed by atoms with Gasteiger partial charge in [0.2, 0.25) is 5.91 Å². The van der Waals surface area contributed by atoms with E-state index in [1.54, 1.807) is 6.92 Å². The van der Waals surface area contributed by atoms with Crippen LogP contribution in [0.15, 0.2) is 0 Å². The molecular formula is C37H63NO24. The Morgan fingerprint density at radius 3 is 1.50 bits per heavy atom. The van der Waals surface area contributed by atoms with E-state index in [9.17, 15) is 65.8 Å². The van der Waals surface area contributed by atoms with E-state index in [0.29, 0.717) is 6.42 Å². The molecule has 0 saturated carbocycles. The summed E-state index contributed by atoms with van der Waals surface area (Å²) in [5, 5.41) is 120. The second-order valence-electron chi connectivity index (χ2n) is 16.1. The summed E-state index contributed by atoms with van der Waals surface area (Å²) >= 11 is 0. The first-order valence-corrected chi connectivity index (χ1v) is 20.5. The van der Waals surface area contributed by atoms with E-state index in [1.807, 2.05) is 0 Å². The number of carbonyl (C=O) groups is 2. The van der Waals surface area contributed by atoms with Crippen molar-refractivity contribution in [3.63, 3.8) is 0 Å². The van der Waals surface area contributed by atoms with Gasteiger partial charge < -0.3 is 114 Å². The Bertz CT molecular complexity index is 1430. The molecule has 10 unspecified atom stereocenters. The Morgan fingerprint density at radius 1 is 0.500 bits per heavy atom. The third-order valence-corrected chi connectivity index (χ3v) is 11.4. The van der Waals surface area contributed by atoms with Gasteiger partial charge in [0.25, 0.3) is 0 Å². The zero-order valence-corrected chi connectivity index (χ0v) is 35.0. The lowest BCUT2D eigenvalue weighted by molar-refractivity contribution is -0.391. The third kappa shape index (κ3) is 11.2.